The van der Waals surface area contributed by atoms with Gasteiger partial charge < -0.3 is 9.47 Å². The molecule has 112 valence electrons. The van der Waals surface area contributed by atoms with Crippen LogP contribution in [0.25, 0.3) is 0 Å². The third-order valence-corrected chi connectivity index (χ3v) is 3.94. The van der Waals surface area contributed by atoms with Crippen molar-refractivity contribution >= 4 is 17.7 Å². The largest absolute Gasteiger partial charge is 0.468 e. The predicted molar refractivity (Wildman–Crippen MR) is 74.9 cm³/mol. The summed E-state index contributed by atoms with van der Waals surface area (Å²) in [7, 11) is 2.63. The lowest BCUT2D eigenvalue weighted by Crippen LogP contribution is -2.31. The molecule has 2 atom stereocenters. The second kappa shape index (κ2) is 6.52. The van der Waals surface area contributed by atoms with E-state index < -0.39 is 11.9 Å². The molecule has 1 aliphatic carbocycles. The summed E-state index contributed by atoms with van der Waals surface area (Å²) in [5, 5.41) is 0. The maximum absolute atomic E-state index is 11.8. The fourth-order valence-electron chi connectivity index (χ4n) is 2.71. The van der Waals surface area contributed by atoms with Crippen molar-refractivity contribution in [1.29, 1.82) is 0 Å². The number of ether oxygens (including phenoxy) is 2. The average Bonchev–Trinajstić information content (AvgIpc) is 2.54. The highest BCUT2D eigenvalue weighted by Gasteiger charge is 2.35. The number of rotatable bonds is 3. The molecule has 1 aromatic carbocycles. The lowest BCUT2D eigenvalue weighted by Gasteiger charge is -2.26. The van der Waals surface area contributed by atoms with Crippen LogP contribution in [-0.2, 0) is 19.1 Å². The number of esters is 2. The van der Waals surface area contributed by atoms with E-state index in [0.717, 1.165) is 5.56 Å². The molecule has 1 aromatic rings. The topological polar surface area (TPSA) is 69.7 Å². The predicted octanol–water partition coefficient (Wildman–Crippen LogP) is 2.10. The van der Waals surface area contributed by atoms with Crippen molar-refractivity contribution < 1.29 is 23.9 Å². The van der Waals surface area contributed by atoms with Crippen LogP contribution >= 0.6 is 0 Å². The Labute approximate surface area is 123 Å². The van der Waals surface area contributed by atoms with E-state index in [0.29, 0.717) is 24.8 Å². The minimum atomic E-state index is -0.672. The summed E-state index contributed by atoms with van der Waals surface area (Å²) < 4.78 is 9.34. The van der Waals surface area contributed by atoms with E-state index in [1.165, 1.54) is 14.2 Å². The van der Waals surface area contributed by atoms with Gasteiger partial charge in [0.1, 0.15) is 11.7 Å². The Morgan fingerprint density at radius 2 is 1.76 bits per heavy atom. The van der Waals surface area contributed by atoms with E-state index in [2.05, 4.69) is 9.47 Å². The summed E-state index contributed by atoms with van der Waals surface area (Å²) in [5.74, 6) is -1.44. The number of Topliss-reactive ketones (excluding diaryl/α,β-unsaturated/α-hetero) is 1. The summed E-state index contributed by atoms with van der Waals surface area (Å²) in [6, 6.07) is 7.09. The maximum atomic E-state index is 11.8. The number of methoxy groups -OCH3 is 2. The third kappa shape index (κ3) is 3.29. The highest BCUT2D eigenvalue weighted by atomic mass is 16.5. The Balaban J connectivity index is 2.13. The highest BCUT2D eigenvalue weighted by Crippen LogP contribution is 2.35. The minimum Gasteiger partial charge on any atom is -0.468 e. The van der Waals surface area contributed by atoms with Crippen molar-refractivity contribution in [2.45, 2.75) is 25.2 Å². The lowest BCUT2D eigenvalue weighted by atomic mass is 9.77. The van der Waals surface area contributed by atoms with Gasteiger partial charge in [0.05, 0.1) is 19.8 Å². The molecule has 0 amide bonds. The van der Waals surface area contributed by atoms with E-state index in [4.69, 9.17) is 0 Å². The zero-order valence-corrected chi connectivity index (χ0v) is 12.1. The summed E-state index contributed by atoms with van der Waals surface area (Å²) >= 11 is 0. The normalized spacial score (nSPS) is 21.7. The number of hydrogen-bond acceptors (Lipinski definition) is 5. The van der Waals surface area contributed by atoms with Crippen LogP contribution in [0.15, 0.2) is 24.3 Å². The van der Waals surface area contributed by atoms with Crippen LogP contribution in [-0.4, -0.2) is 31.9 Å². The monoisotopic (exact) mass is 290 g/mol. The third-order valence-electron chi connectivity index (χ3n) is 3.94. The first-order valence-electron chi connectivity index (χ1n) is 6.85. The quantitative estimate of drug-likeness (QED) is 0.630. The molecule has 1 aliphatic rings. The van der Waals surface area contributed by atoms with Gasteiger partial charge in [0.2, 0.25) is 0 Å². The Kier molecular flexibility index (Phi) is 4.73. The number of hydrogen-bond donors (Lipinski definition) is 0. The Hall–Kier alpha value is -2.17. The Morgan fingerprint density at radius 3 is 2.33 bits per heavy atom. The zero-order chi connectivity index (χ0) is 15.4. The minimum absolute atomic E-state index is 0.0516. The first-order valence-corrected chi connectivity index (χ1v) is 6.85. The molecule has 1 saturated carbocycles. The molecule has 21 heavy (non-hydrogen) atoms. The molecule has 0 radical (unpaired) electrons. The van der Waals surface area contributed by atoms with Crippen molar-refractivity contribution in [3.05, 3.63) is 35.4 Å². The van der Waals surface area contributed by atoms with Gasteiger partial charge in [-0.1, -0.05) is 12.1 Å². The van der Waals surface area contributed by atoms with Gasteiger partial charge >= 0.3 is 11.9 Å². The van der Waals surface area contributed by atoms with Crippen LogP contribution in [0.5, 0.6) is 0 Å². The van der Waals surface area contributed by atoms with Gasteiger partial charge in [-0.05, 0) is 36.5 Å². The highest BCUT2D eigenvalue weighted by molar-refractivity contribution is 5.99. The standard InChI is InChI=1S/C16H18O5/c1-20-15(18)11-5-3-10(4-6-11)12-7-8-14(17)13(9-12)16(19)21-2/h3-6,12-13H,7-9H2,1-2H3/t12-,13+/m0/s1. The second-order valence-electron chi connectivity index (χ2n) is 5.13. The van der Waals surface area contributed by atoms with Gasteiger partial charge in [0.15, 0.2) is 0 Å². The Morgan fingerprint density at radius 1 is 1.10 bits per heavy atom. The average molecular weight is 290 g/mol. The second-order valence-corrected chi connectivity index (χ2v) is 5.13. The van der Waals surface area contributed by atoms with Crippen molar-refractivity contribution in [3.63, 3.8) is 0 Å². The van der Waals surface area contributed by atoms with Gasteiger partial charge in [-0.2, -0.15) is 0 Å². The van der Waals surface area contributed by atoms with Gasteiger partial charge in [0, 0.05) is 6.42 Å². The molecule has 0 spiro atoms. The molecule has 1 fully saturated rings. The summed E-state index contributed by atoms with van der Waals surface area (Å²) in [5.41, 5.74) is 1.50. The molecule has 0 bridgehead atoms. The molecule has 5 nitrogen and oxygen atoms in total. The smallest absolute Gasteiger partial charge is 0.337 e. The van der Waals surface area contributed by atoms with Gasteiger partial charge in [0.25, 0.3) is 0 Å². The van der Waals surface area contributed by atoms with Crippen molar-refractivity contribution in [1.82, 2.24) is 0 Å². The number of carbonyl (C=O) groups is 3. The molecule has 0 N–H and O–H groups in total. The van der Waals surface area contributed by atoms with Crippen LogP contribution in [0.3, 0.4) is 0 Å². The Bertz CT molecular complexity index is 538. The maximum Gasteiger partial charge on any atom is 0.337 e. The van der Waals surface area contributed by atoms with Crippen LogP contribution in [0, 0.1) is 5.92 Å². The SMILES string of the molecule is COC(=O)c1ccc([C@H]2CCC(=O)[C@H](C(=O)OC)C2)cc1. The lowest BCUT2D eigenvalue weighted by molar-refractivity contribution is -0.150. The fraction of sp³-hybridized carbons (Fsp3) is 0.438. The molecule has 5 heteroatoms. The fourth-order valence-corrected chi connectivity index (χ4v) is 2.71. The van der Waals surface area contributed by atoms with Gasteiger partial charge in [-0.15, -0.1) is 0 Å². The molecule has 0 aliphatic heterocycles. The van der Waals surface area contributed by atoms with Crippen molar-refractivity contribution in [3.8, 4) is 0 Å². The first-order chi connectivity index (χ1) is 10.1. The molecule has 0 aromatic heterocycles. The molecule has 0 heterocycles. The number of ketones is 1. The van der Waals surface area contributed by atoms with E-state index in [-0.39, 0.29) is 17.7 Å². The van der Waals surface area contributed by atoms with Crippen LogP contribution in [0.4, 0.5) is 0 Å². The molecule has 0 unspecified atom stereocenters. The number of benzene rings is 1. The van der Waals surface area contributed by atoms with E-state index in [1.54, 1.807) is 12.1 Å². The molecule has 0 saturated heterocycles. The number of carbonyl (C=O) groups excluding carboxylic acids is 3. The van der Waals surface area contributed by atoms with E-state index in [9.17, 15) is 14.4 Å². The molecular formula is C16H18O5. The van der Waals surface area contributed by atoms with Crippen molar-refractivity contribution in [2.24, 2.45) is 5.92 Å². The van der Waals surface area contributed by atoms with Crippen LogP contribution in [0.2, 0.25) is 0 Å². The van der Waals surface area contributed by atoms with Crippen LogP contribution < -0.4 is 0 Å². The zero-order valence-electron chi connectivity index (χ0n) is 12.1. The summed E-state index contributed by atoms with van der Waals surface area (Å²) in [6.07, 6.45) is 1.55. The van der Waals surface area contributed by atoms with Crippen LogP contribution in [0.1, 0.15) is 41.1 Å². The van der Waals surface area contributed by atoms with E-state index >= 15 is 0 Å². The molecule has 2 rings (SSSR count). The molecular weight excluding hydrogens is 272 g/mol. The first kappa shape index (κ1) is 15.2. The van der Waals surface area contributed by atoms with Crippen molar-refractivity contribution in [2.75, 3.05) is 14.2 Å². The summed E-state index contributed by atoms with van der Waals surface area (Å²) in [6.45, 7) is 0. The summed E-state index contributed by atoms with van der Waals surface area (Å²) in [4.78, 5) is 34.8. The van der Waals surface area contributed by atoms with Gasteiger partial charge in [-0.3, -0.25) is 9.59 Å². The van der Waals surface area contributed by atoms with Gasteiger partial charge in [-0.25, -0.2) is 4.79 Å². The van der Waals surface area contributed by atoms with E-state index in [1.807, 2.05) is 12.1 Å².